The van der Waals surface area contributed by atoms with Crippen LogP contribution in [0.5, 0.6) is 0 Å². The Bertz CT molecular complexity index is 909. The van der Waals surface area contributed by atoms with Crippen LogP contribution in [0.2, 0.25) is 0 Å². The molecule has 1 aliphatic heterocycles. The van der Waals surface area contributed by atoms with E-state index >= 15 is 0 Å². The van der Waals surface area contributed by atoms with E-state index in [-0.39, 0.29) is 0 Å². The van der Waals surface area contributed by atoms with Crippen LogP contribution in [0.1, 0.15) is 30.1 Å². The van der Waals surface area contributed by atoms with Crippen LogP contribution in [0.25, 0.3) is 11.5 Å². The van der Waals surface area contributed by atoms with E-state index in [1.807, 2.05) is 25.4 Å². The van der Waals surface area contributed by atoms with Crippen LogP contribution < -0.4 is 4.90 Å². The third-order valence-corrected chi connectivity index (χ3v) is 4.77. The van der Waals surface area contributed by atoms with Crippen LogP contribution in [-0.2, 0) is 0 Å². The predicted octanol–water partition coefficient (Wildman–Crippen LogP) is 2.69. The van der Waals surface area contributed by atoms with Gasteiger partial charge in [0.05, 0.1) is 11.9 Å². The molecule has 3 aromatic rings. The van der Waals surface area contributed by atoms with E-state index in [9.17, 15) is 5.26 Å². The Hall–Kier alpha value is -3.14. The molecule has 0 atom stereocenters. The smallest absolute Gasteiger partial charge is 0.160 e. The van der Waals surface area contributed by atoms with Crippen LogP contribution in [0.4, 0.5) is 5.82 Å². The van der Waals surface area contributed by atoms with Crippen molar-refractivity contribution in [1.29, 1.82) is 5.26 Å². The first kappa shape index (κ1) is 15.4. The van der Waals surface area contributed by atoms with Crippen molar-refractivity contribution in [3.63, 3.8) is 0 Å². The summed E-state index contributed by atoms with van der Waals surface area (Å²) in [7, 11) is 0. The first-order valence-electron chi connectivity index (χ1n) is 8.41. The Kier molecular flexibility index (Phi) is 3.94. The molecule has 0 unspecified atom stereocenters. The molecule has 1 aliphatic rings. The number of hydrogen-bond acceptors (Lipinski definition) is 5. The number of hydrogen-bond donors (Lipinski definition) is 1. The molecule has 0 aliphatic carbocycles. The molecule has 126 valence electrons. The third-order valence-electron chi connectivity index (χ3n) is 4.77. The number of H-pyrrole nitrogens is 1. The van der Waals surface area contributed by atoms with Gasteiger partial charge >= 0.3 is 0 Å². The highest BCUT2D eigenvalue weighted by atomic mass is 15.2. The molecule has 0 aromatic carbocycles. The van der Waals surface area contributed by atoms with Gasteiger partial charge in [-0.1, -0.05) is 0 Å². The second-order valence-electron chi connectivity index (χ2n) is 6.24. The summed E-state index contributed by atoms with van der Waals surface area (Å²) in [5.74, 6) is 1.70. The molecule has 7 heteroatoms. The number of aromatic nitrogens is 5. The van der Waals surface area contributed by atoms with Crippen molar-refractivity contribution in [2.24, 2.45) is 0 Å². The van der Waals surface area contributed by atoms with Gasteiger partial charge in [0.1, 0.15) is 17.6 Å². The molecular weight excluding hydrogens is 314 g/mol. The maximum absolute atomic E-state index is 9.28. The van der Waals surface area contributed by atoms with Gasteiger partial charge in [0.15, 0.2) is 5.82 Å². The van der Waals surface area contributed by atoms with Crippen LogP contribution in [0.3, 0.4) is 0 Å². The minimum absolute atomic E-state index is 0.374. The SMILES string of the molecule is Cc1[nH]cnc1-c1nccn1C1CCN(c2ncccc2C#N)CC1. The fourth-order valence-electron chi connectivity index (χ4n) is 3.47. The number of aryl methyl sites for hydroxylation is 1. The molecule has 0 radical (unpaired) electrons. The van der Waals surface area contributed by atoms with Crippen molar-refractivity contribution in [2.75, 3.05) is 18.0 Å². The summed E-state index contributed by atoms with van der Waals surface area (Å²) in [6.07, 6.45) is 9.28. The summed E-state index contributed by atoms with van der Waals surface area (Å²) in [4.78, 5) is 18.6. The van der Waals surface area contributed by atoms with Gasteiger partial charge < -0.3 is 14.5 Å². The summed E-state index contributed by atoms with van der Waals surface area (Å²) >= 11 is 0. The number of pyridine rings is 1. The normalized spacial score (nSPS) is 15.3. The zero-order chi connectivity index (χ0) is 17.2. The average molecular weight is 333 g/mol. The molecule has 0 saturated carbocycles. The second kappa shape index (κ2) is 6.40. The van der Waals surface area contributed by atoms with Crippen molar-refractivity contribution < 1.29 is 0 Å². The standard InChI is InChI=1S/C18H19N7/c1-13-16(23-12-22-13)18-21-7-10-25(18)15-4-8-24(9-5-15)17-14(11-19)3-2-6-20-17/h2-3,6-7,10,12,15H,4-5,8-9H2,1H3,(H,22,23). The Morgan fingerprint density at radius 1 is 1.20 bits per heavy atom. The van der Waals surface area contributed by atoms with Crippen molar-refractivity contribution in [2.45, 2.75) is 25.8 Å². The summed E-state index contributed by atoms with van der Waals surface area (Å²) in [5, 5.41) is 9.28. The van der Waals surface area contributed by atoms with Crippen molar-refractivity contribution in [3.05, 3.63) is 48.3 Å². The lowest BCUT2D eigenvalue weighted by Crippen LogP contribution is -2.35. The average Bonchev–Trinajstić information content (AvgIpc) is 3.30. The van der Waals surface area contributed by atoms with Gasteiger partial charge in [0.25, 0.3) is 0 Å². The lowest BCUT2D eigenvalue weighted by atomic mass is 10.0. The van der Waals surface area contributed by atoms with Gasteiger partial charge in [-0.05, 0) is 31.9 Å². The van der Waals surface area contributed by atoms with Gasteiger partial charge in [-0.2, -0.15) is 5.26 Å². The highest BCUT2D eigenvalue weighted by Crippen LogP contribution is 2.30. The molecular formula is C18H19N7. The number of nitriles is 1. The van der Waals surface area contributed by atoms with Crippen molar-refractivity contribution in [1.82, 2.24) is 24.5 Å². The van der Waals surface area contributed by atoms with Crippen LogP contribution in [-0.4, -0.2) is 37.6 Å². The second-order valence-corrected chi connectivity index (χ2v) is 6.24. The van der Waals surface area contributed by atoms with Crippen molar-refractivity contribution in [3.8, 4) is 17.6 Å². The molecule has 0 spiro atoms. The van der Waals surface area contributed by atoms with E-state index in [4.69, 9.17) is 0 Å². The molecule has 4 heterocycles. The number of nitrogens with one attached hydrogen (secondary N) is 1. The highest BCUT2D eigenvalue weighted by Gasteiger charge is 2.25. The molecule has 0 bridgehead atoms. The maximum atomic E-state index is 9.28. The van der Waals surface area contributed by atoms with Gasteiger partial charge in [0.2, 0.25) is 0 Å². The van der Waals surface area contributed by atoms with Gasteiger partial charge in [-0.15, -0.1) is 0 Å². The molecule has 25 heavy (non-hydrogen) atoms. The molecule has 0 amide bonds. The number of nitrogens with zero attached hydrogens (tertiary/aromatic N) is 6. The number of piperidine rings is 1. The van der Waals surface area contributed by atoms with Gasteiger partial charge in [0, 0.05) is 43.4 Å². The zero-order valence-electron chi connectivity index (χ0n) is 14.1. The fourth-order valence-corrected chi connectivity index (χ4v) is 3.47. The van der Waals surface area contributed by atoms with E-state index in [1.165, 1.54) is 0 Å². The molecule has 1 saturated heterocycles. The largest absolute Gasteiger partial charge is 0.355 e. The number of anilines is 1. The summed E-state index contributed by atoms with van der Waals surface area (Å²) in [6, 6.07) is 6.24. The Balaban J connectivity index is 1.53. The van der Waals surface area contributed by atoms with E-state index < -0.39 is 0 Å². The van der Waals surface area contributed by atoms with E-state index in [0.29, 0.717) is 11.6 Å². The molecule has 3 aromatic heterocycles. The minimum atomic E-state index is 0.374. The van der Waals surface area contributed by atoms with E-state index in [1.54, 1.807) is 18.6 Å². The first-order valence-corrected chi connectivity index (χ1v) is 8.41. The molecule has 7 nitrogen and oxygen atoms in total. The topological polar surface area (TPSA) is 86.4 Å². The molecule has 1 fully saturated rings. The minimum Gasteiger partial charge on any atom is -0.355 e. The van der Waals surface area contributed by atoms with Crippen LogP contribution in [0, 0.1) is 18.3 Å². The van der Waals surface area contributed by atoms with Crippen LogP contribution in [0.15, 0.2) is 37.1 Å². The van der Waals surface area contributed by atoms with Gasteiger partial charge in [-0.25, -0.2) is 15.0 Å². The Morgan fingerprint density at radius 2 is 2.04 bits per heavy atom. The fraction of sp³-hybridized carbons (Fsp3) is 0.333. The number of rotatable bonds is 3. The number of aromatic amines is 1. The lowest BCUT2D eigenvalue weighted by molar-refractivity contribution is 0.397. The molecule has 4 rings (SSSR count). The molecule has 1 N–H and O–H groups in total. The quantitative estimate of drug-likeness (QED) is 0.796. The highest BCUT2D eigenvalue weighted by molar-refractivity contribution is 5.54. The van der Waals surface area contributed by atoms with Crippen molar-refractivity contribution >= 4 is 5.82 Å². The van der Waals surface area contributed by atoms with Crippen LogP contribution >= 0.6 is 0 Å². The Morgan fingerprint density at radius 3 is 2.76 bits per heavy atom. The predicted molar refractivity (Wildman–Crippen MR) is 94.0 cm³/mol. The maximum Gasteiger partial charge on any atom is 0.160 e. The first-order chi connectivity index (χ1) is 12.3. The zero-order valence-corrected chi connectivity index (χ0v) is 14.1. The summed E-state index contributed by atoms with van der Waals surface area (Å²) in [6.45, 7) is 3.75. The van der Waals surface area contributed by atoms with E-state index in [2.05, 4.69) is 35.5 Å². The monoisotopic (exact) mass is 333 g/mol. The lowest BCUT2D eigenvalue weighted by Gasteiger charge is -2.34. The summed E-state index contributed by atoms with van der Waals surface area (Å²) in [5.41, 5.74) is 2.57. The van der Waals surface area contributed by atoms with E-state index in [0.717, 1.165) is 49.0 Å². The summed E-state index contributed by atoms with van der Waals surface area (Å²) < 4.78 is 2.23. The number of imidazole rings is 2. The Labute approximate surface area is 146 Å². The van der Waals surface area contributed by atoms with Gasteiger partial charge in [-0.3, -0.25) is 0 Å². The third kappa shape index (κ3) is 2.76.